The Hall–Kier alpha value is -0.740. The minimum Gasteiger partial charge on any atom is -0.321 e. The second-order valence-electron chi connectivity index (χ2n) is 3.80. The van der Waals surface area contributed by atoms with Crippen molar-refractivity contribution in [1.29, 1.82) is 0 Å². The molecule has 0 spiro atoms. The average molecular weight is 212 g/mol. The number of hydrogen-bond donors (Lipinski definition) is 1. The van der Waals surface area contributed by atoms with Crippen LogP contribution in [0.25, 0.3) is 0 Å². The lowest BCUT2D eigenvalue weighted by atomic mass is 10.00. The van der Waals surface area contributed by atoms with E-state index in [4.69, 9.17) is 5.73 Å². The minimum absolute atomic E-state index is 0.0913. The van der Waals surface area contributed by atoms with Gasteiger partial charge in [-0.3, -0.25) is 4.79 Å². The predicted octanol–water partition coefficient (Wildman–Crippen LogP) is 1.63. The summed E-state index contributed by atoms with van der Waals surface area (Å²) in [6, 6.07) is -0.334. The van der Waals surface area contributed by atoms with Crippen LogP contribution in [0.2, 0.25) is 0 Å². The first-order valence-corrected chi connectivity index (χ1v) is 5.64. The molecular formula is C10H16N2OS. The topological polar surface area (TPSA) is 56.0 Å². The molecule has 14 heavy (non-hydrogen) atoms. The predicted molar refractivity (Wildman–Crippen MR) is 58.3 cm³/mol. The second kappa shape index (κ2) is 5.22. The van der Waals surface area contributed by atoms with Crippen LogP contribution in [0.15, 0.2) is 11.6 Å². The SMILES string of the molecule is CC(C)CC(N)C(=O)Cc1nccs1. The summed E-state index contributed by atoms with van der Waals surface area (Å²) in [6.07, 6.45) is 2.84. The van der Waals surface area contributed by atoms with Crippen molar-refractivity contribution < 1.29 is 4.79 Å². The Morgan fingerprint density at radius 3 is 2.86 bits per heavy atom. The van der Waals surface area contributed by atoms with E-state index < -0.39 is 0 Å². The van der Waals surface area contributed by atoms with Crippen molar-refractivity contribution in [1.82, 2.24) is 4.98 Å². The quantitative estimate of drug-likeness (QED) is 0.807. The van der Waals surface area contributed by atoms with Crippen molar-refractivity contribution in [2.45, 2.75) is 32.7 Å². The summed E-state index contributed by atoms with van der Waals surface area (Å²) in [6.45, 7) is 4.13. The highest BCUT2D eigenvalue weighted by Gasteiger charge is 2.16. The summed E-state index contributed by atoms with van der Waals surface area (Å²) in [5.74, 6) is 0.555. The number of rotatable bonds is 5. The van der Waals surface area contributed by atoms with Gasteiger partial charge >= 0.3 is 0 Å². The molecule has 0 saturated carbocycles. The Balaban J connectivity index is 2.42. The lowest BCUT2D eigenvalue weighted by Crippen LogP contribution is -2.33. The first-order valence-electron chi connectivity index (χ1n) is 4.76. The van der Waals surface area contributed by atoms with Gasteiger partial charge < -0.3 is 5.73 Å². The zero-order valence-corrected chi connectivity index (χ0v) is 9.38. The molecule has 1 aromatic heterocycles. The maximum absolute atomic E-state index is 11.6. The first-order chi connectivity index (χ1) is 6.59. The second-order valence-corrected chi connectivity index (χ2v) is 4.78. The normalized spacial score (nSPS) is 13.1. The highest BCUT2D eigenvalue weighted by Crippen LogP contribution is 2.09. The Labute approximate surface area is 88.3 Å². The summed E-state index contributed by atoms with van der Waals surface area (Å²) in [4.78, 5) is 15.6. The maximum Gasteiger partial charge on any atom is 0.156 e. The van der Waals surface area contributed by atoms with E-state index in [2.05, 4.69) is 18.8 Å². The van der Waals surface area contributed by atoms with Crippen molar-refractivity contribution in [2.75, 3.05) is 0 Å². The zero-order valence-electron chi connectivity index (χ0n) is 8.56. The number of ketones is 1. The van der Waals surface area contributed by atoms with Crippen molar-refractivity contribution in [2.24, 2.45) is 11.7 Å². The van der Waals surface area contributed by atoms with Crippen molar-refractivity contribution in [3.05, 3.63) is 16.6 Å². The van der Waals surface area contributed by atoms with Gasteiger partial charge in [-0.2, -0.15) is 0 Å². The summed E-state index contributed by atoms with van der Waals surface area (Å²) in [5.41, 5.74) is 5.76. The molecule has 0 bridgehead atoms. The largest absolute Gasteiger partial charge is 0.321 e. The van der Waals surface area contributed by atoms with Gasteiger partial charge in [0.05, 0.1) is 17.5 Å². The molecule has 4 heteroatoms. The van der Waals surface area contributed by atoms with E-state index in [0.717, 1.165) is 11.4 Å². The van der Waals surface area contributed by atoms with Crippen LogP contribution < -0.4 is 5.73 Å². The lowest BCUT2D eigenvalue weighted by molar-refractivity contribution is -0.120. The highest BCUT2D eigenvalue weighted by atomic mass is 32.1. The molecule has 3 nitrogen and oxygen atoms in total. The Morgan fingerprint density at radius 1 is 1.64 bits per heavy atom. The Kier molecular flexibility index (Phi) is 4.22. The monoisotopic (exact) mass is 212 g/mol. The fraction of sp³-hybridized carbons (Fsp3) is 0.600. The van der Waals surface area contributed by atoms with Gasteiger partial charge in [0.1, 0.15) is 0 Å². The van der Waals surface area contributed by atoms with Gasteiger partial charge in [0.15, 0.2) is 5.78 Å². The molecule has 0 aliphatic carbocycles. The minimum atomic E-state index is -0.334. The molecule has 1 aromatic rings. The highest BCUT2D eigenvalue weighted by molar-refractivity contribution is 7.09. The van der Waals surface area contributed by atoms with Crippen LogP contribution in [0, 0.1) is 5.92 Å². The number of hydrogen-bond acceptors (Lipinski definition) is 4. The molecule has 1 unspecified atom stereocenters. The van der Waals surface area contributed by atoms with Gasteiger partial charge in [-0.1, -0.05) is 13.8 Å². The van der Waals surface area contributed by atoms with Crippen molar-refractivity contribution >= 4 is 17.1 Å². The van der Waals surface area contributed by atoms with Crippen molar-refractivity contribution in [3.8, 4) is 0 Å². The molecule has 0 fully saturated rings. The van der Waals surface area contributed by atoms with E-state index in [0.29, 0.717) is 12.3 Å². The molecule has 0 aromatic carbocycles. The fourth-order valence-corrected chi connectivity index (χ4v) is 1.89. The van der Waals surface area contributed by atoms with Gasteiger partial charge in [0.25, 0.3) is 0 Å². The third-order valence-corrected chi connectivity index (χ3v) is 2.73. The van der Waals surface area contributed by atoms with Crippen LogP contribution >= 0.6 is 11.3 Å². The molecule has 1 heterocycles. The third kappa shape index (κ3) is 3.55. The van der Waals surface area contributed by atoms with E-state index in [1.54, 1.807) is 6.20 Å². The molecule has 2 N–H and O–H groups in total. The van der Waals surface area contributed by atoms with Gasteiger partial charge in [-0.05, 0) is 12.3 Å². The van der Waals surface area contributed by atoms with E-state index in [9.17, 15) is 4.79 Å². The first kappa shape index (κ1) is 11.3. The number of aromatic nitrogens is 1. The molecule has 0 aliphatic heterocycles. The van der Waals surface area contributed by atoms with E-state index in [-0.39, 0.29) is 11.8 Å². The molecule has 0 saturated heterocycles. The van der Waals surface area contributed by atoms with Crippen LogP contribution in [-0.2, 0) is 11.2 Å². The van der Waals surface area contributed by atoms with Gasteiger partial charge in [-0.15, -0.1) is 11.3 Å². The number of thiazole rings is 1. The molecule has 0 aliphatic rings. The van der Waals surface area contributed by atoms with Crippen LogP contribution in [0.5, 0.6) is 0 Å². The van der Waals surface area contributed by atoms with Crippen LogP contribution in [0.4, 0.5) is 0 Å². The number of nitrogens with zero attached hydrogens (tertiary/aromatic N) is 1. The number of carbonyl (C=O) groups is 1. The van der Waals surface area contributed by atoms with Gasteiger partial charge in [0, 0.05) is 11.6 Å². The lowest BCUT2D eigenvalue weighted by Gasteiger charge is -2.11. The number of Topliss-reactive ketones (excluding diaryl/α,β-unsaturated/α-hetero) is 1. The van der Waals surface area contributed by atoms with Gasteiger partial charge in [0.2, 0.25) is 0 Å². The molecule has 78 valence electrons. The third-order valence-electron chi connectivity index (χ3n) is 1.95. The number of carbonyl (C=O) groups excluding carboxylic acids is 1. The molecule has 0 amide bonds. The smallest absolute Gasteiger partial charge is 0.156 e. The van der Waals surface area contributed by atoms with E-state index >= 15 is 0 Å². The van der Waals surface area contributed by atoms with E-state index in [1.807, 2.05) is 5.38 Å². The van der Waals surface area contributed by atoms with Crippen LogP contribution in [0.1, 0.15) is 25.3 Å². The van der Waals surface area contributed by atoms with Crippen molar-refractivity contribution in [3.63, 3.8) is 0 Å². The fourth-order valence-electron chi connectivity index (χ4n) is 1.26. The molecule has 1 atom stereocenters. The number of nitrogens with two attached hydrogens (primary N) is 1. The summed E-state index contributed by atoms with van der Waals surface area (Å²) in [7, 11) is 0. The summed E-state index contributed by atoms with van der Waals surface area (Å²) < 4.78 is 0. The standard InChI is InChI=1S/C10H16N2OS/c1-7(2)5-8(11)9(13)6-10-12-3-4-14-10/h3-4,7-8H,5-6,11H2,1-2H3. The maximum atomic E-state index is 11.6. The summed E-state index contributed by atoms with van der Waals surface area (Å²) in [5, 5.41) is 2.73. The van der Waals surface area contributed by atoms with Gasteiger partial charge in [-0.25, -0.2) is 4.98 Å². The molecule has 0 radical (unpaired) electrons. The summed E-state index contributed by atoms with van der Waals surface area (Å²) >= 11 is 1.50. The Morgan fingerprint density at radius 2 is 2.36 bits per heavy atom. The van der Waals surface area contributed by atoms with Crippen LogP contribution in [-0.4, -0.2) is 16.8 Å². The average Bonchev–Trinajstić information content (AvgIpc) is 2.55. The zero-order chi connectivity index (χ0) is 10.6. The Bertz CT molecular complexity index is 282. The van der Waals surface area contributed by atoms with Crippen LogP contribution in [0.3, 0.4) is 0 Å². The molecule has 1 rings (SSSR count). The van der Waals surface area contributed by atoms with E-state index in [1.165, 1.54) is 11.3 Å². The molecular weight excluding hydrogens is 196 g/mol.